The Balaban J connectivity index is 1.48. The van der Waals surface area contributed by atoms with Gasteiger partial charge in [-0.05, 0) is 45.3 Å². The fourth-order valence-electron chi connectivity index (χ4n) is 2.71. The first-order valence-corrected chi connectivity index (χ1v) is 9.56. The molecule has 1 heterocycles. The molecule has 0 amide bonds. The molecule has 1 aliphatic heterocycles. The maximum absolute atomic E-state index is 5.95. The van der Waals surface area contributed by atoms with Crippen molar-refractivity contribution >= 4 is 27.5 Å². The van der Waals surface area contributed by atoms with Gasteiger partial charge >= 0.3 is 0 Å². The molecule has 6 heteroatoms. The van der Waals surface area contributed by atoms with Crippen LogP contribution in [-0.4, -0.2) is 32.3 Å². The Kier molecular flexibility index (Phi) is 7.13. The van der Waals surface area contributed by atoms with E-state index in [9.17, 15) is 0 Å². The van der Waals surface area contributed by atoms with Gasteiger partial charge in [0.05, 0.1) is 17.2 Å². The number of morpholine rings is 1. The number of halogens is 2. The highest BCUT2D eigenvalue weighted by Gasteiger charge is 2.12. The Morgan fingerprint density at radius 1 is 1.24 bits per heavy atom. The molecule has 0 aromatic heterocycles. The van der Waals surface area contributed by atoms with Crippen LogP contribution in [-0.2, 0) is 17.9 Å². The molecule has 1 saturated heterocycles. The molecule has 0 saturated carbocycles. The van der Waals surface area contributed by atoms with Crippen molar-refractivity contribution in [1.29, 1.82) is 0 Å². The molecule has 2 N–H and O–H groups in total. The Morgan fingerprint density at radius 2 is 2.12 bits per heavy atom. The first kappa shape index (κ1) is 18.7. The zero-order chi connectivity index (χ0) is 17.5. The van der Waals surface area contributed by atoms with Crippen LogP contribution in [0.25, 0.3) is 0 Å². The molecule has 25 heavy (non-hydrogen) atoms. The lowest BCUT2D eigenvalue weighted by molar-refractivity contribution is 0.0290. The maximum Gasteiger partial charge on any atom is 0.134 e. The molecular weight excluding hydrogens is 404 g/mol. The van der Waals surface area contributed by atoms with Crippen molar-refractivity contribution in [2.24, 2.45) is 0 Å². The lowest BCUT2D eigenvalue weighted by atomic mass is 10.1. The molecule has 3 rings (SSSR count). The van der Waals surface area contributed by atoms with Crippen molar-refractivity contribution in [3.63, 3.8) is 0 Å². The zero-order valence-corrected chi connectivity index (χ0v) is 16.3. The standard InChI is InChI=1S/C19H22BrClN2O2/c20-18-9-16(21)4-5-19(18)25-13-15-3-1-2-14(8-15)10-23-12-17-11-22-6-7-24-17/h1-5,8-9,17,22-23H,6-7,10-13H2. The summed E-state index contributed by atoms with van der Waals surface area (Å²) in [6.45, 7) is 4.84. The van der Waals surface area contributed by atoms with Gasteiger partial charge in [-0.25, -0.2) is 0 Å². The summed E-state index contributed by atoms with van der Waals surface area (Å²) in [6.07, 6.45) is 0.252. The summed E-state index contributed by atoms with van der Waals surface area (Å²) < 4.78 is 12.4. The highest BCUT2D eigenvalue weighted by Crippen LogP contribution is 2.28. The summed E-state index contributed by atoms with van der Waals surface area (Å²) in [7, 11) is 0. The van der Waals surface area contributed by atoms with Crippen molar-refractivity contribution < 1.29 is 9.47 Å². The van der Waals surface area contributed by atoms with Gasteiger partial charge in [0.2, 0.25) is 0 Å². The maximum atomic E-state index is 5.95. The Hall–Kier alpha value is -1.11. The molecular formula is C19H22BrClN2O2. The first-order valence-electron chi connectivity index (χ1n) is 8.39. The summed E-state index contributed by atoms with van der Waals surface area (Å²) in [5.41, 5.74) is 2.37. The van der Waals surface area contributed by atoms with Gasteiger partial charge in [0.15, 0.2) is 0 Å². The highest BCUT2D eigenvalue weighted by molar-refractivity contribution is 9.10. The third kappa shape index (κ3) is 5.97. The van der Waals surface area contributed by atoms with E-state index in [0.29, 0.717) is 11.6 Å². The van der Waals surface area contributed by atoms with Crippen molar-refractivity contribution in [2.75, 3.05) is 26.2 Å². The minimum atomic E-state index is 0.252. The molecule has 0 radical (unpaired) electrons. The second kappa shape index (κ2) is 9.55. The van der Waals surface area contributed by atoms with Crippen LogP contribution in [0.2, 0.25) is 5.02 Å². The molecule has 1 fully saturated rings. The summed E-state index contributed by atoms with van der Waals surface area (Å²) in [4.78, 5) is 0. The van der Waals surface area contributed by atoms with Crippen LogP contribution in [0.5, 0.6) is 5.75 Å². The van der Waals surface area contributed by atoms with Crippen LogP contribution >= 0.6 is 27.5 Å². The smallest absolute Gasteiger partial charge is 0.134 e. The minimum Gasteiger partial charge on any atom is -0.488 e. The topological polar surface area (TPSA) is 42.5 Å². The van der Waals surface area contributed by atoms with E-state index < -0.39 is 0 Å². The molecule has 0 bridgehead atoms. The van der Waals surface area contributed by atoms with E-state index in [1.807, 2.05) is 18.2 Å². The first-order chi connectivity index (χ1) is 12.2. The van der Waals surface area contributed by atoms with Crippen molar-refractivity contribution in [2.45, 2.75) is 19.3 Å². The van der Waals surface area contributed by atoms with Gasteiger partial charge in [0, 0.05) is 31.2 Å². The van der Waals surface area contributed by atoms with Crippen LogP contribution < -0.4 is 15.4 Å². The second-order valence-corrected chi connectivity index (χ2v) is 7.30. The molecule has 0 aliphatic carbocycles. The monoisotopic (exact) mass is 424 g/mol. The van der Waals surface area contributed by atoms with Crippen molar-refractivity contribution in [3.05, 3.63) is 63.1 Å². The van der Waals surface area contributed by atoms with Gasteiger partial charge in [-0.1, -0.05) is 35.9 Å². The van der Waals surface area contributed by atoms with Gasteiger partial charge in [0.25, 0.3) is 0 Å². The predicted octanol–water partition coefficient (Wildman–Crippen LogP) is 3.76. The van der Waals surface area contributed by atoms with Gasteiger partial charge in [-0.2, -0.15) is 0 Å². The average Bonchev–Trinajstić information content (AvgIpc) is 2.62. The molecule has 2 aromatic rings. The molecule has 0 spiro atoms. The Morgan fingerprint density at radius 3 is 2.92 bits per heavy atom. The predicted molar refractivity (Wildman–Crippen MR) is 104 cm³/mol. The van der Waals surface area contributed by atoms with E-state index in [-0.39, 0.29) is 6.10 Å². The number of benzene rings is 2. The van der Waals surface area contributed by atoms with Gasteiger partial charge in [-0.3, -0.25) is 0 Å². The molecule has 134 valence electrons. The van der Waals surface area contributed by atoms with Crippen LogP contribution in [0, 0.1) is 0 Å². The summed E-state index contributed by atoms with van der Waals surface area (Å²) >= 11 is 9.42. The zero-order valence-electron chi connectivity index (χ0n) is 13.9. The van der Waals surface area contributed by atoms with Gasteiger partial charge in [0.1, 0.15) is 12.4 Å². The van der Waals surface area contributed by atoms with Crippen molar-refractivity contribution in [3.8, 4) is 5.75 Å². The van der Waals surface area contributed by atoms with E-state index in [0.717, 1.165) is 48.6 Å². The summed E-state index contributed by atoms with van der Waals surface area (Å²) in [5.74, 6) is 0.787. The number of hydrogen-bond donors (Lipinski definition) is 2. The third-order valence-electron chi connectivity index (χ3n) is 3.99. The normalized spacial score (nSPS) is 17.4. The van der Waals surface area contributed by atoms with E-state index in [1.54, 1.807) is 0 Å². The largest absolute Gasteiger partial charge is 0.488 e. The fourth-order valence-corrected chi connectivity index (χ4v) is 3.51. The SMILES string of the molecule is Clc1ccc(OCc2cccc(CNCC3CNCCO3)c2)c(Br)c1. The lowest BCUT2D eigenvalue weighted by Crippen LogP contribution is -2.43. The van der Waals surface area contributed by atoms with Crippen LogP contribution in [0.1, 0.15) is 11.1 Å². The van der Waals surface area contributed by atoms with Crippen LogP contribution in [0.3, 0.4) is 0 Å². The summed E-state index contributed by atoms with van der Waals surface area (Å²) in [5, 5.41) is 7.48. The van der Waals surface area contributed by atoms with E-state index in [1.165, 1.54) is 5.56 Å². The molecule has 1 unspecified atom stereocenters. The molecule has 1 aliphatic rings. The second-order valence-electron chi connectivity index (χ2n) is 6.01. The van der Waals surface area contributed by atoms with E-state index >= 15 is 0 Å². The van der Waals surface area contributed by atoms with Crippen LogP contribution in [0.4, 0.5) is 0 Å². The highest BCUT2D eigenvalue weighted by atomic mass is 79.9. The molecule has 4 nitrogen and oxygen atoms in total. The van der Waals surface area contributed by atoms with E-state index in [2.05, 4.69) is 50.8 Å². The Bertz CT molecular complexity index is 693. The van der Waals surface area contributed by atoms with Crippen molar-refractivity contribution in [1.82, 2.24) is 10.6 Å². The lowest BCUT2D eigenvalue weighted by Gasteiger charge is -2.23. The van der Waals surface area contributed by atoms with Gasteiger partial charge < -0.3 is 20.1 Å². The van der Waals surface area contributed by atoms with E-state index in [4.69, 9.17) is 21.1 Å². The molecule has 2 aromatic carbocycles. The minimum absolute atomic E-state index is 0.252. The number of ether oxygens (including phenoxy) is 2. The third-order valence-corrected chi connectivity index (χ3v) is 4.84. The number of rotatable bonds is 7. The van der Waals surface area contributed by atoms with Gasteiger partial charge in [-0.15, -0.1) is 0 Å². The summed E-state index contributed by atoms with van der Waals surface area (Å²) in [6, 6.07) is 13.9. The number of hydrogen-bond acceptors (Lipinski definition) is 4. The Labute approximate surface area is 162 Å². The number of nitrogens with one attached hydrogen (secondary N) is 2. The quantitative estimate of drug-likeness (QED) is 0.709. The van der Waals surface area contributed by atoms with Crippen LogP contribution in [0.15, 0.2) is 46.9 Å². The fraction of sp³-hybridized carbons (Fsp3) is 0.368. The average molecular weight is 426 g/mol. The molecule has 1 atom stereocenters.